The van der Waals surface area contributed by atoms with E-state index in [4.69, 9.17) is 10.00 Å². The van der Waals surface area contributed by atoms with E-state index in [0.717, 1.165) is 0 Å². The Hall–Kier alpha value is -2.42. The normalized spacial score (nSPS) is 9.60. The summed E-state index contributed by atoms with van der Waals surface area (Å²) in [4.78, 5) is 28.9. The maximum atomic E-state index is 12.2. The molecule has 0 saturated heterocycles. The van der Waals surface area contributed by atoms with Crippen LogP contribution in [0, 0.1) is 11.3 Å². The molecule has 1 heterocycles. The molecule has 0 aliphatic rings. The standard InChI is InChI=1S/C14H17N3O3/c1-2-20-13(18)6-10-17(9-4-7-15)14(19)12-5-3-8-16-11-12/h3,5,8,11H,2,4,6,9-10H2,1H3. The lowest BCUT2D eigenvalue weighted by atomic mass is 10.2. The number of nitrogens with zero attached hydrogens (tertiary/aromatic N) is 3. The monoisotopic (exact) mass is 275 g/mol. The average molecular weight is 275 g/mol. The summed E-state index contributed by atoms with van der Waals surface area (Å²) >= 11 is 0. The number of rotatable bonds is 7. The van der Waals surface area contributed by atoms with E-state index in [9.17, 15) is 9.59 Å². The summed E-state index contributed by atoms with van der Waals surface area (Å²) in [7, 11) is 0. The van der Waals surface area contributed by atoms with Gasteiger partial charge >= 0.3 is 5.97 Å². The SMILES string of the molecule is CCOC(=O)CCN(CCC#N)C(=O)c1cccnc1. The van der Waals surface area contributed by atoms with Gasteiger partial charge in [0.25, 0.3) is 5.91 Å². The topological polar surface area (TPSA) is 83.3 Å². The third-order valence-electron chi connectivity index (χ3n) is 2.58. The van der Waals surface area contributed by atoms with Gasteiger partial charge in [0.2, 0.25) is 0 Å². The highest BCUT2D eigenvalue weighted by Crippen LogP contribution is 2.05. The molecule has 0 unspecified atom stereocenters. The summed E-state index contributed by atoms with van der Waals surface area (Å²) in [5.41, 5.74) is 0.439. The van der Waals surface area contributed by atoms with Gasteiger partial charge in [0, 0.05) is 25.5 Å². The van der Waals surface area contributed by atoms with E-state index in [-0.39, 0.29) is 37.8 Å². The molecule has 20 heavy (non-hydrogen) atoms. The summed E-state index contributed by atoms with van der Waals surface area (Å²) in [5.74, 6) is -0.592. The molecule has 1 aromatic heterocycles. The third kappa shape index (κ3) is 5.06. The van der Waals surface area contributed by atoms with Crippen LogP contribution in [0.3, 0.4) is 0 Å². The van der Waals surface area contributed by atoms with Crippen molar-refractivity contribution >= 4 is 11.9 Å². The van der Waals surface area contributed by atoms with Crippen LogP contribution >= 0.6 is 0 Å². The summed E-state index contributed by atoms with van der Waals surface area (Å²) < 4.78 is 4.83. The molecule has 6 heteroatoms. The van der Waals surface area contributed by atoms with Crippen molar-refractivity contribution in [1.82, 2.24) is 9.88 Å². The van der Waals surface area contributed by atoms with Gasteiger partial charge in [0.1, 0.15) is 0 Å². The second-order valence-corrected chi connectivity index (χ2v) is 4.00. The minimum absolute atomic E-state index is 0.116. The van der Waals surface area contributed by atoms with Crippen LogP contribution in [-0.2, 0) is 9.53 Å². The molecule has 0 aliphatic heterocycles. The molecule has 106 valence electrons. The Labute approximate surface area is 118 Å². The van der Waals surface area contributed by atoms with Gasteiger partial charge in [-0.1, -0.05) is 0 Å². The Morgan fingerprint density at radius 3 is 2.85 bits per heavy atom. The van der Waals surface area contributed by atoms with E-state index in [1.54, 1.807) is 25.3 Å². The van der Waals surface area contributed by atoms with Crippen molar-refractivity contribution in [3.8, 4) is 6.07 Å². The molecule has 0 radical (unpaired) electrons. The quantitative estimate of drug-likeness (QED) is 0.702. The summed E-state index contributed by atoms with van der Waals surface area (Å²) in [6, 6.07) is 5.31. The molecule has 0 N–H and O–H groups in total. The smallest absolute Gasteiger partial charge is 0.307 e. The Bertz CT molecular complexity index is 482. The van der Waals surface area contributed by atoms with Crippen molar-refractivity contribution in [2.24, 2.45) is 0 Å². The molecular weight excluding hydrogens is 258 g/mol. The lowest BCUT2D eigenvalue weighted by molar-refractivity contribution is -0.143. The molecule has 0 aliphatic carbocycles. The molecule has 0 atom stereocenters. The molecule has 0 bridgehead atoms. The van der Waals surface area contributed by atoms with E-state index >= 15 is 0 Å². The van der Waals surface area contributed by atoms with Gasteiger partial charge in [-0.2, -0.15) is 5.26 Å². The van der Waals surface area contributed by atoms with Crippen LogP contribution in [0.1, 0.15) is 30.1 Å². The zero-order valence-electron chi connectivity index (χ0n) is 11.4. The summed E-state index contributed by atoms with van der Waals surface area (Å²) in [5, 5.41) is 8.64. The Morgan fingerprint density at radius 2 is 2.25 bits per heavy atom. The number of pyridine rings is 1. The van der Waals surface area contributed by atoms with Crippen LogP contribution in [-0.4, -0.2) is 41.5 Å². The molecular formula is C14H17N3O3. The molecule has 0 fully saturated rings. The van der Waals surface area contributed by atoms with Gasteiger partial charge in [-0.15, -0.1) is 0 Å². The average Bonchev–Trinajstić information content (AvgIpc) is 2.48. The Morgan fingerprint density at radius 1 is 1.45 bits per heavy atom. The van der Waals surface area contributed by atoms with Crippen LogP contribution in [0.4, 0.5) is 0 Å². The van der Waals surface area contributed by atoms with Crippen LogP contribution < -0.4 is 0 Å². The minimum Gasteiger partial charge on any atom is -0.466 e. The lowest BCUT2D eigenvalue weighted by Gasteiger charge is -2.21. The fraction of sp³-hybridized carbons (Fsp3) is 0.429. The second kappa shape index (κ2) is 8.64. The van der Waals surface area contributed by atoms with Gasteiger partial charge in [-0.3, -0.25) is 14.6 Å². The number of esters is 1. The third-order valence-corrected chi connectivity index (χ3v) is 2.58. The fourth-order valence-electron chi connectivity index (χ4n) is 1.63. The van der Waals surface area contributed by atoms with E-state index in [0.29, 0.717) is 12.2 Å². The van der Waals surface area contributed by atoms with Gasteiger partial charge in [-0.25, -0.2) is 0 Å². The zero-order chi connectivity index (χ0) is 14.8. The van der Waals surface area contributed by atoms with E-state index in [1.807, 2.05) is 6.07 Å². The summed E-state index contributed by atoms with van der Waals surface area (Å²) in [6.07, 6.45) is 3.38. The molecule has 6 nitrogen and oxygen atoms in total. The van der Waals surface area contributed by atoms with Crippen molar-refractivity contribution in [3.63, 3.8) is 0 Å². The maximum absolute atomic E-state index is 12.2. The van der Waals surface area contributed by atoms with Gasteiger partial charge in [0.05, 0.1) is 31.1 Å². The van der Waals surface area contributed by atoms with Crippen molar-refractivity contribution in [1.29, 1.82) is 5.26 Å². The number of hydrogen-bond donors (Lipinski definition) is 0. The molecule has 1 rings (SSSR count). The number of nitriles is 1. The Balaban J connectivity index is 2.66. The highest BCUT2D eigenvalue weighted by Gasteiger charge is 2.17. The van der Waals surface area contributed by atoms with Gasteiger partial charge in [-0.05, 0) is 19.1 Å². The van der Waals surface area contributed by atoms with Gasteiger partial charge in [0.15, 0.2) is 0 Å². The zero-order valence-corrected chi connectivity index (χ0v) is 11.4. The number of hydrogen-bond acceptors (Lipinski definition) is 5. The predicted octanol–water partition coefficient (Wildman–Crippen LogP) is 1.39. The number of aromatic nitrogens is 1. The number of carbonyl (C=O) groups excluding carboxylic acids is 2. The van der Waals surface area contributed by atoms with E-state index in [1.165, 1.54) is 11.1 Å². The highest BCUT2D eigenvalue weighted by molar-refractivity contribution is 5.94. The number of amides is 1. The van der Waals surface area contributed by atoms with Crippen LogP contribution in [0.25, 0.3) is 0 Å². The molecule has 0 saturated carbocycles. The molecule has 0 aromatic carbocycles. The fourth-order valence-corrected chi connectivity index (χ4v) is 1.63. The second-order valence-electron chi connectivity index (χ2n) is 4.00. The van der Waals surface area contributed by atoms with E-state index < -0.39 is 0 Å². The van der Waals surface area contributed by atoms with Crippen LogP contribution in [0.5, 0.6) is 0 Å². The van der Waals surface area contributed by atoms with Crippen LogP contribution in [0.2, 0.25) is 0 Å². The largest absolute Gasteiger partial charge is 0.466 e. The van der Waals surface area contributed by atoms with E-state index in [2.05, 4.69) is 4.98 Å². The van der Waals surface area contributed by atoms with Crippen molar-refractivity contribution in [2.45, 2.75) is 19.8 Å². The first-order valence-electron chi connectivity index (χ1n) is 6.41. The van der Waals surface area contributed by atoms with Crippen molar-refractivity contribution < 1.29 is 14.3 Å². The lowest BCUT2D eigenvalue weighted by Crippen LogP contribution is -2.34. The first-order valence-corrected chi connectivity index (χ1v) is 6.41. The van der Waals surface area contributed by atoms with Crippen LogP contribution in [0.15, 0.2) is 24.5 Å². The first kappa shape index (κ1) is 15.6. The first-order chi connectivity index (χ1) is 9.69. The molecule has 1 amide bonds. The maximum Gasteiger partial charge on any atom is 0.307 e. The molecule has 1 aromatic rings. The Kier molecular flexibility index (Phi) is 6.76. The predicted molar refractivity (Wildman–Crippen MR) is 71.6 cm³/mol. The molecule has 0 spiro atoms. The highest BCUT2D eigenvalue weighted by atomic mass is 16.5. The minimum atomic E-state index is -0.353. The number of ether oxygens (including phenoxy) is 1. The van der Waals surface area contributed by atoms with Gasteiger partial charge < -0.3 is 9.64 Å². The van der Waals surface area contributed by atoms with Crippen molar-refractivity contribution in [3.05, 3.63) is 30.1 Å². The summed E-state index contributed by atoms with van der Waals surface area (Å²) in [6.45, 7) is 2.55. The van der Waals surface area contributed by atoms with Crippen molar-refractivity contribution in [2.75, 3.05) is 19.7 Å². The number of carbonyl (C=O) groups is 2.